The first-order valence-electron chi connectivity index (χ1n) is 11.3. The first-order valence-corrected chi connectivity index (χ1v) is 12.5. The number of carbonyl (C=O) groups excluding carboxylic acids is 2. The Morgan fingerprint density at radius 1 is 1.06 bits per heavy atom. The highest BCUT2D eigenvalue weighted by molar-refractivity contribution is 7.16. The monoisotopic (exact) mass is 517 g/mol. The maximum Gasteiger partial charge on any atom is 0.254 e. The number of amides is 2. The van der Waals surface area contributed by atoms with Gasteiger partial charge in [0.25, 0.3) is 5.91 Å². The quantitative estimate of drug-likeness (QED) is 0.440. The lowest BCUT2D eigenvalue weighted by Crippen LogP contribution is -2.38. The fourth-order valence-corrected chi connectivity index (χ4v) is 5.45. The number of rotatable bonds is 6. The fourth-order valence-electron chi connectivity index (χ4n) is 4.36. The molecular weight excluding hydrogens is 492 g/mol. The molecule has 2 aromatic carbocycles. The lowest BCUT2D eigenvalue weighted by Gasteiger charge is -2.32. The first kappa shape index (κ1) is 25.1. The van der Waals surface area contributed by atoms with Gasteiger partial charge in [0, 0.05) is 43.3 Å². The van der Waals surface area contributed by atoms with Crippen molar-refractivity contribution >= 4 is 46.1 Å². The number of halogens is 3. The van der Waals surface area contributed by atoms with Gasteiger partial charge in [-0.2, -0.15) is 0 Å². The topological polar surface area (TPSA) is 52.7 Å². The summed E-state index contributed by atoms with van der Waals surface area (Å²) in [6.07, 6.45) is 1.77. The maximum atomic E-state index is 14.3. The summed E-state index contributed by atoms with van der Waals surface area (Å²) in [6.45, 7) is 1.01. The van der Waals surface area contributed by atoms with Crippen molar-refractivity contribution in [1.82, 2.24) is 4.90 Å². The van der Waals surface area contributed by atoms with Crippen LogP contribution in [0.25, 0.3) is 0 Å². The molecule has 0 radical (unpaired) electrons. The smallest absolute Gasteiger partial charge is 0.254 e. The third-order valence-corrected chi connectivity index (χ3v) is 7.35. The van der Waals surface area contributed by atoms with Crippen LogP contribution in [-0.2, 0) is 11.2 Å². The molecule has 184 valence electrons. The zero-order chi connectivity index (χ0) is 25.1. The number of benzene rings is 2. The molecule has 2 heterocycles. The van der Waals surface area contributed by atoms with Gasteiger partial charge in [0.05, 0.1) is 10.8 Å². The van der Waals surface area contributed by atoms with Crippen LogP contribution in [0.4, 0.5) is 20.2 Å². The van der Waals surface area contributed by atoms with Gasteiger partial charge >= 0.3 is 0 Å². The van der Waals surface area contributed by atoms with Gasteiger partial charge in [-0.15, -0.1) is 11.3 Å². The summed E-state index contributed by atoms with van der Waals surface area (Å²) in [6, 6.07) is 13.6. The third kappa shape index (κ3) is 6.00. The Hall–Kier alpha value is -2.97. The van der Waals surface area contributed by atoms with Gasteiger partial charge in [-0.05, 0) is 60.7 Å². The Morgan fingerprint density at radius 3 is 2.23 bits per heavy atom. The molecule has 1 aliphatic rings. The number of nitrogens with zero attached hydrogens (tertiary/aromatic N) is 2. The number of nitrogens with one attached hydrogen (secondary N) is 1. The van der Waals surface area contributed by atoms with Gasteiger partial charge < -0.3 is 15.1 Å². The van der Waals surface area contributed by atoms with E-state index < -0.39 is 11.6 Å². The van der Waals surface area contributed by atoms with E-state index in [1.165, 1.54) is 16.2 Å². The van der Waals surface area contributed by atoms with E-state index in [-0.39, 0.29) is 35.4 Å². The van der Waals surface area contributed by atoms with Crippen LogP contribution in [0.15, 0.2) is 48.5 Å². The Balaban J connectivity index is 1.32. The summed E-state index contributed by atoms with van der Waals surface area (Å²) in [7, 11) is 3.10. The molecule has 1 fully saturated rings. The molecule has 0 bridgehead atoms. The maximum absolute atomic E-state index is 14.3. The summed E-state index contributed by atoms with van der Waals surface area (Å²) in [5, 5.41) is 2.90. The van der Waals surface area contributed by atoms with Crippen LogP contribution in [-0.4, -0.2) is 43.9 Å². The minimum Gasteiger partial charge on any atom is -0.373 e. The van der Waals surface area contributed by atoms with E-state index in [0.717, 1.165) is 41.1 Å². The van der Waals surface area contributed by atoms with Crippen LogP contribution < -0.4 is 10.2 Å². The fraction of sp³-hybridized carbons (Fsp3) is 0.308. The SMILES string of the molecule is CN(C)c1c(F)cc(C(=O)N2CCC(c3ccc(NC(=O)Cc4ccc(Cl)s4)cc3)CC2)cc1F. The molecule has 2 amide bonds. The molecule has 35 heavy (non-hydrogen) atoms. The second-order valence-corrected chi connectivity index (χ2v) is 10.6. The Kier molecular flexibility index (Phi) is 7.72. The van der Waals surface area contributed by atoms with Crippen LogP contribution in [0.3, 0.4) is 0 Å². The van der Waals surface area contributed by atoms with Crippen molar-refractivity contribution in [2.75, 3.05) is 37.4 Å². The van der Waals surface area contributed by atoms with Gasteiger partial charge in [-0.3, -0.25) is 9.59 Å². The highest BCUT2D eigenvalue weighted by Crippen LogP contribution is 2.31. The average Bonchev–Trinajstić information content (AvgIpc) is 3.22. The highest BCUT2D eigenvalue weighted by atomic mass is 35.5. The zero-order valence-electron chi connectivity index (χ0n) is 19.5. The number of hydrogen-bond acceptors (Lipinski definition) is 4. The Morgan fingerprint density at radius 2 is 1.69 bits per heavy atom. The summed E-state index contributed by atoms with van der Waals surface area (Å²) in [5.74, 6) is -1.70. The zero-order valence-corrected chi connectivity index (χ0v) is 21.1. The summed E-state index contributed by atoms with van der Waals surface area (Å²) in [5.41, 5.74) is 1.72. The van der Waals surface area contributed by atoms with Crippen LogP contribution in [0, 0.1) is 11.6 Å². The summed E-state index contributed by atoms with van der Waals surface area (Å²) >= 11 is 7.30. The van der Waals surface area contributed by atoms with Crippen molar-refractivity contribution in [2.24, 2.45) is 0 Å². The van der Waals surface area contributed by atoms with Crippen molar-refractivity contribution in [3.05, 3.63) is 80.5 Å². The molecular formula is C26H26ClF2N3O2S. The Labute approximate surface area is 212 Å². The van der Waals surface area contributed by atoms with E-state index in [2.05, 4.69) is 5.32 Å². The summed E-state index contributed by atoms with van der Waals surface area (Å²) in [4.78, 5) is 29.0. The van der Waals surface area contributed by atoms with Crippen molar-refractivity contribution < 1.29 is 18.4 Å². The third-order valence-electron chi connectivity index (χ3n) is 6.12. The Bertz CT molecular complexity index is 1200. The van der Waals surface area contributed by atoms with Crippen LogP contribution in [0.5, 0.6) is 0 Å². The predicted molar refractivity (Wildman–Crippen MR) is 137 cm³/mol. The van der Waals surface area contributed by atoms with Gasteiger partial charge in [0.15, 0.2) is 0 Å². The number of carbonyl (C=O) groups is 2. The van der Waals surface area contributed by atoms with Crippen LogP contribution in [0.2, 0.25) is 4.34 Å². The van der Waals surface area contributed by atoms with Crippen LogP contribution >= 0.6 is 22.9 Å². The van der Waals surface area contributed by atoms with E-state index in [9.17, 15) is 18.4 Å². The summed E-state index contributed by atoms with van der Waals surface area (Å²) < 4.78 is 29.3. The normalized spacial score (nSPS) is 14.1. The molecule has 0 atom stereocenters. The van der Waals surface area contributed by atoms with E-state index in [1.54, 1.807) is 25.1 Å². The number of anilines is 2. The van der Waals surface area contributed by atoms with Gasteiger partial charge in [-0.25, -0.2) is 8.78 Å². The van der Waals surface area contributed by atoms with E-state index in [4.69, 9.17) is 11.6 Å². The average molecular weight is 518 g/mol. The van der Waals surface area contributed by atoms with Crippen molar-refractivity contribution in [3.63, 3.8) is 0 Å². The molecule has 3 aromatic rings. The van der Waals surface area contributed by atoms with Gasteiger partial charge in [0.2, 0.25) is 5.91 Å². The second kappa shape index (κ2) is 10.7. The predicted octanol–water partition coefficient (Wildman–Crippen LogP) is 5.95. The minimum atomic E-state index is -0.750. The van der Waals surface area contributed by atoms with Crippen molar-refractivity contribution in [3.8, 4) is 0 Å². The lowest BCUT2D eigenvalue weighted by molar-refractivity contribution is -0.115. The van der Waals surface area contributed by atoms with Gasteiger partial charge in [0.1, 0.15) is 17.3 Å². The van der Waals surface area contributed by atoms with Crippen molar-refractivity contribution in [1.29, 1.82) is 0 Å². The molecule has 0 unspecified atom stereocenters. The molecule has 5 nitrogen and oxygen atoms in total. The minimum absolute atomic E-state index is 0.0222. The molecule has 9 heteroatoms. The number of hydrogen-bond donors (Lipinski definition) is 1. The second-order valence-electron chi connectivity index (χ2n) is 8.80. The van der Waals surface area contributed by atoms with E-state index in [0.29, 0.717) is 17.4 Å². The largest absolute Gasteiger partial charge is 0.373 e. The molecule has 0 aliphatic carbocycles. The molecule has 4 rings (SSSR count). The number of thiophene rings is 1. The molecule has 1 aromatic heterocycles. The van der Waals surface area contributed by atoms with E-state index >= 15 is 0 Å². The molecule has 1 aliphatic heterocycles. The van der Waals surface area contributed by atoms with Gasteiger partial charge in [-0.1, -0.05) is 23.7 Å². The molecule has 1 N–H and O–H groups in total. The molecule has 0 spiro atoms. The standard InChI is InChI=1S/C26H26ClF2N3O2S/c1-31(2)25-21(28)13-18(14-22(25)29)26(34)32-11-9-17(10-12-32)16-3-5-19(6-4-16)30-24(33)15-20-7-8-23(27)35-20/h3-8,13-14,17H,9-12,15H2,1-2H3,(H,30,33). The molecule has 0 saturated carbocycles. The highest BCUT2D eigenvalue weighted by Gasteiger charge is 2.26. The number of likely N-dealkylation sites (tertiary alicyclic amines) is 1. The first-order chi connectivity index (χ1) is 16.7. The number of piperidine rings is 1. The van der Waals surface area contributed by atoms with Crippen LogP contribution in [0.1, 0.15) is 39.6 Å². The van der Waals surface area contributed by atoms with E-state index in [1.807, 2.05) is 30.3 Å². The van der Waals surface area contributed by atoms with Crippen molar-refractivity contribution in [2.45, 2.75) is 25.2 Å². The lowest BCUT2D eigenvalue weighted by atomic mass is 9.89. The molecule has 1 saturated heterocycles.